The van der Waals surface area contributed by atoms with Gasteiger partial charge in [-0.3, -0.25) is 23.9 Å². The van der Waals surface area contributed by atoms with Gasteiger partial charge in [-0.15, -0.1) is 0 Å². The van der Waals surface area contributed by atoms with Crippen LogP contribution in [0.1, 0.15) is 39.9 Å². The summed E-state index contributed by atoms with van der Waals surface area (Å²) < 4.78 is 6.54. The summed E-state index contributed by atoms with van der Waals surface area (Å²) >= 11 is 0. The molecule has 1 aromatic carbocycles. The molecule has 1 saturated heterocycles. The number of rotatable bonds is 3. The molecule has 1 fully saturated rings. The predicted molar refractivity (Wildman–Crippen MR) is 118 cm³/mol. The van der Waals surface area contributed by atoms with Gasteiger partial charge >= 0.3 is 5.97 Å². The third kappa shape index (κ3) is 3.90. The number of amides is 1. The molecule has 2 aliphatic rings. The monoisotopic (exact) mass is 423 g/mol. The Hall–Kier alpha value is -2.93. The number of benzene rings is 1. The second kappa shape index (κ2) is 8.67. The molecule has 0 bridgehead atoms. The Kier molecular flexibility index (Phi) is 5.96. The van der Waals surface area contributed by atoms with Gasteiger partial charge in [-0.2, -0.15) is 0 Å². The van der Waals surface area contributed by atoms with Crippen molar-refractivity contribution < 1.29 is 14.3 Å². The van der Waals surface area contributed by atoms with Crippen LogP contribution in [0.2, 0.25) is 0 Å². The number of methoxy groups -OCH3 is 1. The van der Waals surface area contributed by atoms with Gasteiger partial charge in [0.1, 0.15) is 11.6 Å². The normalized spacial score (nSPS) is 19.1. The average Bonchev–Trinajstić information content (AvgIpc) is 3.16. The zero-order valence-corrected chi connectivity index (χ0v) is 18.4. The van der Waals surface area contributed by atoms with Gasteiger partial charge in [0.15, 0.2) is 0 Å². The van der Waals surface area contributed by atoms with Gasteiger partial charge in [0, 0.05) is 25.8 Å². The second-order valence-corrected chi connectivity index (χ2v) is 8.44. The minimum Gasteiger partial charge on any atom is -0.468 e. The maximum absolute atomic E-state index is 13.5. The van der Waals surface area contributed by atoms with E-state index in [0.717, 1.165) is 31.4 Å². The number of carbonyl (C=O) groups is 2. The smallest absolute Gasteiger partial charge is 0.324 e. The van der Waals surface area contributed by atoms with Crippen LogP contribution in [0.25, 0.3) is 5.69 Å². The van der Waals surface area contributed by atoms with Crippen molar-refractivity contribution in [2.24, 2.45) is 0 Å². The molecule has 1 aliphatic carbocycles. The van der Waals surface area contributed by atoms with Crippen LogP contribution in [0.4, 0.5) is 0 Å². The van der Waals surface area contributed by atoms with E-state index in [1.165, 1.54) is 18.2 Å². The van der Waals surface area contributed by atoms with E-state index in [2.05, 4.69) is 6.07 Å². The van der Waals surface area contributed by atoms with Gasteiger partial charge in [-0.25, -0.2) is 0 Å². The molecule has 1 amide bonds. The first kappa shape index (κ1) is 21.3. The van der Waals surface area contributed by atoms with Crippen molar-refractivity contribution in [2.75, 3.05) is 33.8 Å². The number of nitrogens with zero attached hydrogens (tertiary/aromatic N) is 3. The Balaban J connectivity index is 1.72. The molecule has 0 N–H and O–H groups in total. The molecule has 0 spiro atoms. The molecule has 4 rings (SSSR count). The van der Waals surface area contributed by atoms with Gasteiger partial charge < -0.3 is 9.64 Å². The lowest BCUT2D eigenvalue weighted by molar-refractivity contribution is -0.146. The van der Waals surface area contributed by atoms with Crippen molar-refractivity contribution in [1.82, 2.24) is 14.4 Å². The number of pyridine rings is 1. The molecule has 1 unspecified atom stereocenters. The highest BCUT2D eigenvalue weighted by Crippen LogP contribution is 2.27. The summed E-state index contributed by atoms with van der Waals surface area (Å²) in [6.07, 6.45) is 5.52. The molecular weight excluding hydrogens is 394 g/mol. The summed E-state index contributed by atoms with van der Waals surface area (Å²) in [5.74, 6) is -0.696. The summed E-state index contributed by atoms with van der Waals surface area (Å²) in [7, 11) is 3.21. The number of carbonyl (C=O) groups excluding carboxylic acids is 2. The van der Waals surface area contributed by atoms with Gasteiger partial charge in [0.05, 0.1) is 12.8 Å². The summed E-state index contributed by atoms with van der Waals surface area (Å²) in [4.78, 5) is 42.8. The van der Waals surface area contributed by atoms with Crippen LogP contribution in [-0.2, 0) is 22.4 Å². The molecule has 2 heterocycles. The number of hydrogen-bond donors (Lipinski definition) is 0. The Labute approximate surface area is 182 Å². The highest BCUT2D eigenvalue weighted by molar-refractivity contribution is 5.95. The highest BCUT2D eigenvalue weighted by atomic mass is 16.5. The molecule has 1 aromatic heterocycles. The highest BCUT2D eigenvalue weighted by Gasteiger charge is 2.33. The van der Waals surface area contributed by atoms with Crippen LogP contribution in [0, 0.1) is 6.92 Å². The van der Waals surface area contributed by atoms with E-state index in [1.54, 1.807) is 22.6 Å². The van der Waals surface area contributed by atoms with Crippen molar-refractivity contribution in [1.29, 1.82) is 0 Å². The molecule has 31 heavy (non-hydrogen) atoms. The van der Waals surface area contributed by atoms with E-state index in [1.807, 2.05) is 30.1 Å². The lowest BCUT2D eigenvalue weighted by Gasteiger charge is -2.27. The van der Waals surface area contributed by atoms with Gasteiger partial charge in [0.2, 0.25) is 0 Å². The number of aromatic nitrogens is 1. The lowest BCUT2D eigenvalue weighted by atomic mass is 10.1. The van der Waals surface area contributed by atoms with Crippen LogP contribution in [0.5, 0.6) is 0 Å². The van der Waals surface area contributed by atoms with Crippen molar-refractivity contribution in [2.45, 2.75) is 38.6 Å². The predicted octanol–water partition coefficient (Wildman–Crippen LogP) is 1.95. The molecule has 1 aliphatic heterocycles. The fraction of sp³-hybridized carbons (Fsp3) is 0.458. The number of likely N-dealkylation sites (N-methyl/N-ethyl adjacent to an activating group) is 1. The SMILES string of the molecule is COC(=O)C1CN(C(=O)c2c(C)ccn(-c3cccc4c3CCC4)c2=O)CCCN1C. The quantitative estimate of drug-likeness (QED) is 0.706. The molecule has 164 valence electrons. The number of aryl methyl sites for hydroxylation is 2. The van der Waals surface area contributed by atoms with Crippen molar-refractivity contribution in [3.8, 4) is 5.69 Å². The van der Waals surface area contributed by atoms with E-state index >= 15 is 0 Å². The van der Waals surface area contributed by atoms with Crippen LogP contribution < -0.4 is 5.56 Å². The third-order valence-corrected chi connectivity index (χ3v) is 6.52. The van der Waals surface area contributed by atoms with Crippen LogP contribution in [0.15, 0.2) is 35.3 Å². The van der Waals surface area contributed by atoms with Crippen molar-refractivity contribution in [3.63, 3.8) is 0 Å². The average molecular weight is 424 g/mol. The molecule has 0 saturated carbocycles. The minimum absolute atomic E-state index is 0.172. The minimum atomic E-state index is -0.542. The van der Waals surface area contributed by atoms with Crippen molar-refractivity contribution in [3.05, 3.63) is 63.1 Å². The van der Waals surface area contributed by atoms with E-state index in [-0.39, 0.29) is 29.5 Å². The zero-order valence-electron chi connectivity index (χ0n) is 18.4. The first-order valence-electron chi connectivity index (χ1n) is 10.8. The molecule has 0 radical (unpaired) electrons. The molecule has 7 nitrogen and oxygen atoms in total. The number of ether oxygens (including phenoxy) is 1. The van der Waals surface area contributed by atoms with Gasteiger partial charge in [0.25, 0.3) is 11.5 Å². The summed E-state index contributed by atoms with van der Waals surface area (Å²) in [6, 6.07) is 7.31. The summed E-state index contributed by atoms with van der Waals surface area (Å²) in [5, 5.41) is 0. The first-order valence-corrected chi connectivity index (χ1v) is 10.8. The van der Waals surface area contributed by atoms with E-state index in [4.69, 9.17) is 4.74 Å². The summed E-state index contributed by atoms with van der Waals surface area (Å²) in [6.45, 7) is 3.16. The molecule has 7 heteroatoms. The Morgan fingerprint density at radius 3 is 2.68 bits per heavy atom. The number of hydrogen-bond acceptors (Lipinski definition) is 5. The molecule has 2 aromatic rings. The molecular formula is C24H29N3O4. The Bertz CT molecular complexity index is 1070. The fourth-order valence-electron chi connectivity index (χ4n) is 4.74. The van der Waals surface area contributed by atoms with Crippen LogP contribution in [0.3, 0.4) is 0 Å². The van der Waals surface area contributed by atoms with Crippen molar-refractivity contribution >= 4 is 11.9 Å². The van der Waals surface area contributed by atoms with E-state index in [0.29, 0.717) is 18.7 Å². The number of fused-ring (bicyclic) bond motifs is 1. The Morgan fingerprint density at radius 2 is 1.90 bits per heavy atom. The van der Waals surface area contributed by atoms with E-state index < -0.39 is 6.04 Å². The largest absolute Gasteiger partial charge is 0.468 e. The third-order valence-electron chi connectivity index (χ3n) is 6.52. The van der Waals surface area contributed by atoms with E-state index in [9.17, 15) is 14.4 Å². The lowest BCUT2D eigenvalue weighted by Crippen LogP contribution is -2.47. The standard InChI is InChI=1S/C24H29N3O4/c1-16-11-14-27(19-10-5-8-17-7-4-9-18(17)19)23(29)21(16)22(28)26-13-6-12-25(2)20(15-26)24(30)31-3/h5,8,10-11,14,20H,4,6-7,9,12-13,15H2,1-3H3. The van der Waals surface area contributed by atoms with Crippen LogP contribution >= 0.6 is 0 Å². The van der Waals surface area contributed by atoms with Gasteiger partial charge in [-0.1, -0.05) is 12.1 Å². The fourth-order valence-corrected chi connectivity index (χ4v) is 4.74. The zero-order chi connectivity index (χ0) is 22.1. The van der Waals surface area contributed by atoms with Gasteiger partial charge in [-0.05, 0) is 68.5 Å². The van der Waals surface area contributed by atoms with Crippen LogP contribution in [-0.4, -0.2) is 66.1 Å². The summed E-state index contributed by atoms with van der Waals surface area (Å²) in [5.41, 5.74) is 3.83. The second-order valence-electron chi connectivity index (χ2n) is 8.44. The maximum Gasteiger partial charge on any atom is 0.324 e. The topological polar surface area (TPSA) is 71.8 Å². The first-order chi connectivity index (χ1) is 14.9. The molecule has 1 atom stereocenters. The maximum atomic E-state index is 13.5. The Morgan fingerprint density at radius 1 is 1.10 bits per heavy atom. The number of esters is 1.